The van der Waals surface area contributed by atoms with Crippen LogP contribution < -0.4 is 20.7 Å². The van der Waals surface area contributed by atoms with E-state index in [0.717, 1.165) is 36.8 Å². The maximum absolute atomic E-state index is 14.2. The zero-order chi connectivity index (χ0) is 21.7. The quantitative estimate of drug-likeness (QED) is 0.428. The first-order valence-electron chi connectivity index (χ1n) is 10.8. The number of nitrogens with zero attached hydrogens (tertiary/aromatic N) is 1. The Kier molecular flexibility index (Phi) is 6.39. The van der Waals surface area contributed by atoms with E-state index in [1.165, 1.54) is 6.07 Å². The van der Waals surface area contributed by atoms with E-state index in [2.05, 4.69) is 20.9 Å². The number of aliphatic imine (C=N–C) groups is 1. The van der Waals surface area contributed by atoms with Crippen molar-refractivity contribution >= 4 is 11.9 Å². The van der Waals surface area contributed by atoms with Gasteiger partial charge >= 0.3 is 0 Å². The van der Waals surface area contributed by atoms with Crippen molar-refractivity contribution in [3.05, 3.63) is 65.5 Å². The molecule has 0 aliphatic heterocycles. The Hall–Kier alpha value is -3.09. The van der Waals surface area contributed by atoms with Crippen molar-refractivity contribution in [2.45, 2.75) is 43.7 Å². The van der Waals surface area contributed by atoms with Crippen LogP contribution in [0, 0.1) is 5.82 Å². The number of carbonyl (C=O) groups excluding carboxylic acids is 1. The van der Waals surface area contributed by atoms with Crippen molar-refractivity contribution in [1.29, 1.82) is 0 Å². The van der Waals surface area contributed by atoms with Crippen LogP contribution in [0.3, 0.4) is 0 Å². The highest BCUT2D eigenvalue weighted by Gasteiger charge is 2.45. The van der Waals surface area contributed by atoms with Gasteiger partial charge in [-0.2, -0.15) is 0 Å². The van der Waals surface area contributed by atoms with Gasteiger partial charge in [-0.3, -0.25) is 9.79 Å². The van der Waals surface area contributed by atoms with Crippen molar-refractivity contribution in [2.75, 3.05) is 20.2 Å². The van der Waals surface area contributed by atoms with Crippen LogP contribution >= 0.6 is 0 Å². The molecule has 4 rings (SSSR count). The second-order valence-electron chi connectivity index (χ2n) is 8.32. The van der Waals surface area contributed by atoms with Crippen LogP contribution in [-0.2, 0) is 16.8 Å². The predicted molar refractivity (Wildman–Crippen MR) is 119 cm³/mol. The minimum absolute atomic E-state index is 0.0226. The number of benzene rings is 2. The van der Waals surface area contributed by atoms with Crippen molar-refractivity contribution in [2.24, 2.45) is 4.99 Å². The Bertz CT molecular complexity index is 954. The fraction of sp³-hybridized carbons (Fsp3) is 0.417. The van der Waals surface area contributed by atoms with Gasteiger partial charge in [0, 0.05) is 31.6 Å². The van der Waals surface area contributed by atoms with Crippen molar-refractivity contribution < 1.29 is 13.9 Å². The van der Waals surface area contributed by atoms with Gasteiger partial charge in [0.2, 0.25) is 0 Å². The number of halogens is 1. The highest BCUT2D eigenvalue weighted by Crippen LogP contribution is 2.48. The number of hydrogen-bond acceptors (Lipinski definition) is 3. The highest BCUT2D eigenvalue weighted by molar-refractivity contribution is 5.80. The zero-order valence-electron chi connectivity index (χ0n) is 17.8. The lowest BCUT2D eigenvalue weighted by molar-refractivity contribution is -0.123. The van der Waals surface area contributed by atoms with Crippen molar-refractivity contribution in [3.63, 3.8) is 0 Å². The molecule has 0 atom stereocenters. The van der Waals surface area contributed by atoms with Gasteiger partial charge in [-0.25, -0.2) is 4.39 Å². The van der Waals surface area contributed by atoms with Gasteiger partial charge in [0.05, 0.1) is 0 Å². The molecule has 2 aromatic carbocycles. The molecular formula is C24H29FN4O2. The van der Waals surface area contributed by atoms with Crippen molar-refractivity contribution in [3.8, 4) is 5.75 Å². The van der Waals surface area contributed by atoms with Crippen LogP contribution in [0.4, 0.5) is 4.39 Å². The molecule has 0 heterocycles. The Morgan fingerprint density at radius 1 is 1.16 bits per heavy atom. The molecule has 2 fully saturated rings. The molecular weight excluding hydrogens is 395 g/mol. The molecule has 0 unspecified atom stereocenters. The molecule has 3 N–H and O–H groups in total. The molecule has 2 saturated carbocycles. The van der Waals surface area contributed by atoms with Gasteiger partial charge in [0.1, 0.15) is 11.6 Å². The molecule has 0 aromatic heterocycles. The number of carbonyl (C=O) groups is 1. The highest BCUT2D eigenvalue weighted by atomic mass is 19.1. The summed E-state index contributed by atoms with van der Waals surface area (Å²) in [7, 11) is 1.72. The lowest BCUT2D eigenvalue weighted by Crippen LogP contribution is -2.41. The smallest absolute Gasteiger partial charge is 0.258 e. The Morgan fingerprint density at radius 2 is 1.97 bits per heavy atom. The summed E-state index contributed by atoms with van der Waals surface area (Å²) in [5.41, 5.74) is 1.63. The van der Waals surface area contributed by atoms with E-state index in [0.29, 0.717) is 30.8 Å². The van der Waals surface area contributed by atoms with Crippen LogP contribution in [0.5, 0.6) is 5.75 Å². The average Bonchev–Trinajstić information content (AvgIpc) is 3.70. The Balaban J connectivity index is 1.26. The number of rotatable bonds is 9. The molecule has 2 aliphatic carbocycles. The topological polar surface area (TPSA) is 74.8 Å². The van der Waals surface area contributed by atoms with E-state index in [4.69, 9.17) is 4.74 Å². The summed E-state index contributed by atoms with van der Waals surface area (Å²) in [4.78, 5) is 16.1. The van der Waals surface area contributed by atoms with Gasteiger partial charge in [-0.15, -0.1) is 0 Å². The van der Waals surface area contributed by atoms with Gasteiger partial charge in [-0.05, 0) is 55.0 Å². The minimum Gasteiger partial charge on any atom is -0.484 e. The molecule has 2 aromatic rings. The van der Waals surface area contributed by atoms with Crippen LogP contribution in [0.15, 0.2) is 53.5 Å². The molecule has 0 radical (unpaired) electrons. The van der Waals surface area contributed by atoms with Crippen LogP contribution in [0.2, 0.25) is 0 Å². The number of ether oxygens (including phenoxy) is 1. The summed E-state index contributed by atoms with van der Waals surface area (Å²) in [6, 6.07) is 15.0. The maximum Gasteiger partial charge on any atom is 0.258 e. The van der Waals surface area contributed by atoms with Crippen molar-refractivity contribution in [1.82, 2.24) is 16.0 Å². The SMILES string of the molecule is CN=C(NCc1cccc(OCC(=O)NC2CC2)c1)NCC1(c2ccccc2F)CC1. The predicted octanol–water partition coefficient (Wildman–Crippen LogP) is 2.88. The molecule has 0 saturated heterocycles. The standard InChI is InChI=1S/C24H29FN4O2/c1-26-23(28-16-24(11-12-24)20-7-2-3-8-21(20)25)27-14-17-5-4-6-19(13-17)31-15-22(30)29-18-9-10-18/h2-8,13,18H,9-12,14-16H2,1H3,(H,29,30)(H2,26,27,28). The molecule has 164 valence electrons. The summed E-state index contributed by atoms with van der Waals surface area (Å²) < 4.78 is 19.8. The van der Waals surface area contributed by atoms with Gasteiger partial charge < -0.3 is 20.7 Å². The molecule has 31 heavy (non-hydrogen) atoms. The van der Waals surface area contributed by atoms with Crippen LogP contribution in [-0.4, -0.2) is 38.1 Å². The Morgan fingerprint density at radius 3 is 2.68 bits per heavy atom. The van der Waals surface area contributed by atoms with E-state index in [1.807, 2.05) is 36.4 Å². The molecule has 2 aliphatic rings. The fourth-order valence-corrected chi connectivity index (χ4v) is 3.63. The van der Waals surface area contributed by atoms with Gasteiger partial charge in [-0.1, -0.05) is 30.3 Å². The molecule has 7 heteroatoms. The van der Waals surface area contributed by atoms with Gasteiger partial charge in [0.15, 0.2) is 12.6 Å². The summed E-state index contributed by atoms with van der Waals surface area (Å²) >= 11 is 0. The van der Waals surface area contributed by atoms with Gasteiger partial charge in [0.25, 0.3) is 5.91 Å². The largest absolute Gasteiger partial charge is 0.484 e. The molecule has 0 spiro atoms. The number of hydrogen-bond donors (Lipinski definition) is 3. The van der Waals surface area contributed by atoms with Crippen LogP contribution in [0.25, 0.3) is 0 Å². The third kappa shape index (κ3) is 5.75. The lowest BCUT2D eigenvalue weighted by Gasteiger charge is -2.19. The maximum atomic E-state index is 14.2. The summed E-state index contributed by atoms with van der Waals surface area (Å²) in [5.74, 6) is 1.09. The molecule has 6 nitrogen and oxygen atoms in total. The second-order valence-corrected chi connectivity index (χ2v) is 8.32. The third-order valence-corrected chi connectivity index (χ3v) is 5.79. The first kappa shape index (κ1) is 21.2. The lowest BCUT2D eigenvalue weighted by atomic mass is 9.95. The number of guanidine groups is 1. The first-order chi connectivity index (χ1) is 15.1. The van der Waals surface area contributed by atoms with E-state index in [9.17, 15) is 9.18 Å². The summed E-state index contributed by atoms with van der Waals surface area (Å²) in [5, 5.41) is 9.53. The Labute approximate surface area is 182 Å². The average molecular weight is 425 g/mol. The molecule has 1 amide bonds. The molecule has 0 bridgehead atoms. The monoisotopic (exact) mass is 424 g/mol. The second kappa shape index (κ2) is 9.37. The summed E-state index contributed by atoms with van der Waals surface area (Å²) in [6.07, 6.45) is 4.05. The van der Waals surface area contributed by atoms with E-state index < -0.39 is 0 Å². The minimum atomic E-state index is -0.155. The zero-order valence-corrected chi connectivity index (χ0v) is 17.8. The third-order valence-electron chi connectivity index (χ3n) is 5.79. The normalized spacial score (nSPS) is 17.0. The van der Waals surface area contributed by atoms with E-state index in [1.54, 1.807) is 13.1 Å². The number of nitrogens with one attached hydrogen (secondary N) is 3. The summed E-state index contributed by atoms with van der Waals surface area (Å²) in [6.45, 7) is 1.21. The van der Waals surface area contributed by atoms with E-state index >= 15 is 0 Å². The fourth-order valence-electron chi connectivity index (χ4n) is 3.63. The number of amides is 1. The van der Waals surface area contributed by atoms with Crippen LogP contribution in [0.1, 0.15) is 36.8 Å². The first-order valence-corrected chi connectivity index (χ1v) is 10.8. The van der Waals surface area contributed by atoms with E-state index in [-0.39, 0.29) is 23.7 Å².